The number of H-pyrrole nitrogens is 1. The van der Waals surface area contributed by atoms with Crippen molar-refractivity contribution in [2.45, 2.75) is 20.4 Å². The normalized spacial score (nSPS) is 11.0. The van der Waals surface area contributed by atoms with Crippen LogP contribution < -0.4 is 0 Å². The highest BCUT2D eigenvalue weighted by molar-refractivity contribution is 5.11. The molecule has 0 aromatic carbocycles. The first-order valence-electron chi connectivity index (χ1n) is 3.76. The molecule has 1 N–H and O–H groups in total. The van der Waals surface area contributed by atoms with Crippen LogP contribution in [0.2, 0.25) is 0 Å². The van der Waals surface area contributed by atoms with Crippen molar-refractivity contribution >= 4 is 0 Å². The van der Waals surface area contributed by atoms with Crippen LogP contribution in [-0.4, -0.2) is 29.0 Å². The van der Waals surface area contributed by atoms with Gasteiger partial charge in [-0.1, -0.05) is 0 Å². The van der Waals surface area contributed by atoms with Crippen LogP contribution in [-0.2, 0) is 6.54 Å². The molecule has 1 aromatic rings. The highest BCUT2D eigenvalue weighted by atomic mass is 15.1. The van der Waals surface area contributed by atoms with E-state index in [2.05, 4.69) is 21.8 Å². The maximum Gasteiger partial charge on any atom is 0.103 e. The van der Waals surface area contributed by atoms with Gasteiger partial charge in [-0.25, -0.2) is 4.98 Å². The Labute approximate surface area is 67.4 Å². The van der Waals surface area contributed by atoms with E-state index in [1.807, 2.05) is 21.0 Å². The number of imidazole rings is 1. The summed E-state index contributed by atoms with van der Waals surface area (Å²) in [5.41, 5.74) is 2.32. The smallest absolute Gasteiger partial charge is 0.103 e. The summed E-state index contributed by atoms with van der Waals surface area (Å²) in [4.78, 5) is 9.64. The molecule has 0 aliphatic rings. The Kier molecular flexibility index (Phi) is 2.29. The van der Waals surface area contributed by atoms with Gasteiger partial charge in [-0.2, -0.15) is 0 Å². The molecule has 0 fully saturated rings. The fourth-order valence-electron chi connectivity index (χ4n) is 1.11. The number of rotatable bonds is 2. The van der Waals surface area contributed by atoms with Crippen LogP contribution in [0.1, 0.15) is 17.2 Å². The molecule has 0 atom stereocenters. The van der Waals surface area contributed by atoms with Gasteiger partial charge in [0.15, 0.2) is 0 Å². The molecule has 0 aliphatic carbocycles. The number of aromatic nitrogens is 2. The lowest BCUT2D eigenvalue weighted by atomic mass is 10.3. The Morgan fingerprint density at radius 2 is 2.00 bits per heavy atom. The summed E-state index contributed by atoms with van der Waals surface area (Å²) in [6, 6.07) is 0. The summed E-state index contributed by atoms with van der Waals surface area (Å²) in [5.74, 6) is 0.999. The fourth-order valence-corrected chi connectivity index (χ4v) is 1.11. The average molecular weight is 153 g/mol. The number of aromatic amines is 1. The molecule has 3 heteroatoms. The van der Waals surface area contributed by atoms with Crippen molar-refractivity contribution in [2.24, 2.45) is 0 Å². The van der Waals surface area contributed by atoms with Gasteiger partial charge in [0.1, 0.15) is 5.82 Å². The Hall–Kier alpha value is -0.830. The first-order chi connectivity index (χ1) is 5.09. The largest absolute Gasteiger partial charge is 0.346 e. The van der Waals surface area contributed by atoms with E-state index < -0.39 is 0 Å². The van der Waals surface area contributed by atoms with Crippen molar-refractivity contribution in [1.29, 1.82) is 0 Å². The molecular weight excluding hydrogens is 138 g/mol. The summed E-state index contributed by atoms with van der Waals surface area (Å²) in [7, 11) is 4.09. The van der Waals surface area contributed by atoms with Gasteiger partial charge < -0.3 is 9.88 Å². The van der Waals surface area contributed by atoms with Crippen molar-refractivity contribution in [3.63, 3.8) is 0 Å². The van der Waals surface area contributed by atoms with E-state index in [1.165, 1.54) is 5.69 Å². The van der Waals surface area contributed by atoms with Crippen molar-refractivity contribution in [3.05, 3.63) is 17.2 Å². The second-order valence-corrected chi connectivity index (χ2v) is 3.13. The molecule has 0 radical (unpaired) electrons. The molecule has 0 aliphatic heterocycles. The average Bonchev–Trinajstić information content (AvgIpc) is 2.09. The maximum absolute atomic E-state index is 4.35. The van der Waals surface area contributed by atoms with Crippen molar-refractivity contribution in [2.75, 3.05) is 14.1 Å². The zero-order valence-electron chi connectivity index (χ0n) is 7.60. The van der Waals surface area contributed by atoms with Crippen LogP contribution in [0, 0.1) is 13.8 Å². The lowest BCUT2D eigenvalue weighted by molar-refractivity contribution is 0.396. The molecule has 62 valence electrons. The molecule has 1 rings (SSSR count). The Morgan fingerprint density at radius 3 is 2.36 bits per heavy atom. The third-order valence-corrected chi connectivity index (χ3v) is 1.57. The molecule has 1 aromatic heterocycles. The van der Waals surface area contributed by atoms with Crippen LogP contribution in [0.5, 0.6) is 0 Å². The summed E-state index contributed by atoms with van der Waals surface area (Å²) >= 11 is 0. The first-order valence-corrected chi connectivity index (χ1v) is 3.76. The van der Waals surface area contributed by atoms with Gasteiger partial charge in [0.05, 0.1) is 5.69 Å². The van der Waals surface area contributed by atoms with Crippen molar-refractivity contribution in [1.82, 2.24) is 14.9 Å². The Balaban J connectivity index is 2.77. The van der Waals surface area contributed by atoms with Gasteiger partial charge in [-0.05, 0) is 27.9 Å². The minimum absolute atomic E-state index is 0.913. The van der Waals surface area contributed by atoms with Crippen LogP contribution in [0.3, 0.4) is 0 Å². The number of nitrogens with one attached hydrogen (secondary N) is 1. The third kappa shape index (κ3) is 2.05. The third-order valence-electron chi connectivity index (χ3n) is 1.57. The number of hydrogen-bond acceptors (Lipinski definition) is 2. The molecule has 0 saturated carbocycles. The van der Waals surface area contributed by atoms with E-state index >= 15 is 0 Å². The van der Waals surface area contributed by atoms with Crippen LogP contribution >= 0.6 is 0 Å². The fraction of sp³-hybridized carbons (Fsp3) is 0.625. The standard InChI is InChI=1S/C8H15N3/c1-6-8(5-11(3)4)10-7(2)9-6/h5H2,1-4H3,(H,9,10). The van der Waals surface area contributed by atoms with Gasteiger partial charge in [0.2, 0.25) is 0 Å². The van der Waals surface area contributed by atoms with E-state index in [4.69, 9.17) is 0 Å². The highest BCUT2D eigenvalue weighted by Crippen LogP contribution is 2.05. The Morgan fingerprint density at radius 1 is 1.36 bits per heavy atom. The zero-order chi connectivity index (χ0) is 8.43. The molecule has 1 heterocycles. The molecule has 0 saturated heterocycles. The molecule has 0 amide bonds. The van der Waals surface area contributed by atoms with Gasteiger partial charge in [-0.15, -0.1) is 0 Å². The second kappa shape index (κ2) is 3.05. The molecule has 3 nitrogen and oxygen atoms in total. The summed E-state index contributed by atoms with van der Waals surface area (Å²) in [5, 5.41) is 0. The number of nitrogens with zero attached hydrogens (tertiary/aromatic N) is 2. The minimum Gasteiger partial charge on any atom is -0.346 e. The Bertz CT molecular complexity index is 237. The quantitative estimate of drug-likeness (QED) is 0.689. The van der Waals surface area contributed by atoms with Crippen molar-refractivity contribution < 1.29 is 0 Å². The maximum atomic E-state index is 4.35. The molecular formula is C8H15N3. The molecule has 11 heavy (non-hydrogen) atoms. The van der Waals surface area contributed by atoms with E-state index in [0.717, 1.165) is 18.1 Å². The van der Waals surface area contributed by atoms with E-state index in [1.54, 1.807) is 0 Å². The van der Waals surface area contributed by atoms with Gasteiger partial charge in [-0.3, -0.25) is 0 Å². The predicted octanol–water partition coefficient (Wildman–Crippen LogP) is 1.09. The SMILES string of the molecule is Cc1nc(CN(C)C)c(C)[nH]1. The van der Waals surface area contributed by atoms with Crippen LogP contribution in [0.25, 0.3) is 0 Å². The summed E-state index contributed by atoms with van der Waals surface area (Å²) in [6.07, 6.45) is 0. The topological polar surface area (TPSA) is 31.9 Å². The predicted molar refractivity (Wildman–Crippen MR) is 45.5 cm³/mol. The second-order valence-electron chi connectivity index (χ2n) is 3.13. The van der Waals surface area contributed by atoms with Crippen LogP contribution in [0.15, 0.2) is 0 Å². The molecule has 0 unspecified atom stereocenters. The summed E-state index contributed by atoms with van der Waals surface area (Å²) < 4.78 is 0. The van der Waals surface area contributed by atoms with Crippen molar-refractivity contribution in [3.8, 4) is 0 Å². The zero-order valence-corrected chi connectivity index (χ0v) is 7.60. The van der Waals surface area contributed by atoms with Gasteiger partial charge in [0.25, 0.3) is 0 Å². The van der Waals surface area contributed by atoms with E-state index in [-0.39, 0.29) is 0 Å². The summed E-state index contributed by atoms with van der Waals surface area (Å²) in [6.45, 7) is 4.95. The van der Waals surface area contributed by atoms with E-state index in [0.29, 0.717) is 0 Å². The van der Waals surface area contributed by atoms with Crippen LogP contribution in [0.4, 0.5) is 0 Å². The highest BCUT2D eigenvalue weighted by Gasteiger charge is 2.03. The monoisotopic (exact) mass is 153 g/mol. The van der Waals surface area contributed by atoms with E-state index in [9.17, 15) is 0 Å². The minimum atomic E-state index is 0.913. The van der Waals surface area contributed by atoms with Gasteiger partial charge >= 0.3 is 0 Å². The molecule has 0 spiro atoms. The number of aryl methyl sites for hydroxylation is 2. The van der Waals surface area contributed by atoms with Gasteiger partial charge in [0, 0.05) is 12.2 Å². The lowest BCUT2D eigenvalue weighted by Gasteiger charge is -2.06. The molecule has 0 bridgehead atoms. The number of hydrogen-bond donors (Lipinski definition) is 1. The lowest BCUT2D eigenvalue weighted by Crippen LogP contribution is -2.11. The first kappa shape index (κ1) is 8.27.